The Morgan fingerprint density at radius 1 is 1.16 bits per heavy atom. The predicted octanol–water partition coefficient (Wildman–Crippen LogP) is 4.73. The third kappa shape index (κ3) is 12.4. The lowest BCUT2D eigenvalue weighted by Crippen LogP contribution is -2.43. The molecular formula is C33H49N5O7. The highest BCUT2D eigenvalue weighted by Crippen LogP contribution is 2.23. The molecule has 2 atom stereocenters. The van der Waals surface area contributed by atoms with Crippen molar-refractivity contribution in [1.82, 2.24) is 25.7 Å². The maximum absolute atomic E-state index is 13.2. The van der Waals surface area contributed by atoms with Gasteiger partial charge in [-0.05, 0) is 95.9 Å². The molecule has 248 valence electrons. The summed E-state index contributed by atoms with van der Waals surface area (Å²) in [5, 5.41) is 12.3. The Labute approximate surface area is 265 Å². The second kappa shape index (κ2) is 17.4. The van der Waals surface area contributed by atoms with Gasteiger partial charge in [0.05, 0.1) is 19.4 Å². The number of aromatic amines is 1. The lowest BCUT2D eigenvalue weighted by Gasteiger charge is -2.34. The van der Waals surface area contributed by atoms with Gasteiger partial charge >= 0.3 is 12.1 Å². The molecule has 1 aliphatic heterocycles. The van der Waals surface area contributed by atoms with Gasteiger partial charge in [0, 0.05) is 44.2 Å². The Balaban J connectivity index is 1.49. The summed E-state index contributed by atoms with van der Waals surface area (Å²) in [6, 6.07) is 4.85. The predicted molar refractivity (Wildman–Crippen MR) is 168 cm³/mol. The molecule has 45 heavy (non-hydrogen) atoms. The molecule has 0 saturated carbocycles. The highest BCUT2D eigenvalue weighted by molar-refractivity contribution is 5.88. The van der Waals surface area contributed by atoms with Crippen molar-refractivity contribution in [2.75, 3.05) is 26.3 Å². The van der Waals surface area contributed by atoms with E-state index in [1.807, 2.05) is 45.9 Å². The van der Waals surface area contributed by atoms with E-state index in [1.54, 1.807) is 18.0 Å². The maximum atomic E-state index is 13.2. The van der Waals surface area contributed by atoms with Gasteiger partial charge in [0.2, 0.25) is 11.8 Å². The monoisotopic (exact) mass is 627 g/mol. The Hall–Kier alpha value is -4.09. The summed E-state index contributed by atoms with van der Waals surface area (Å²) >= 11 is 0. The molecule has 1 saturated heterocycles. The highest BCUT2D eigenvalue weighted by atomic mass is 16.6. The fourth-order valence-electron chi connectivity index (χ4n) is 5.09. The number of esters is 1. The first kappa shape index (κ1) is 35.4. The van der Waals surface area contributed by atoms with Crippen LogP contribution in [0.15, 0.2) is 30.6 Å². The number of piperidine rings is 1. The summed E-state index contributed by atoms with van der Waals surface area (Å²) in [5.41, 5.74) is 1.91. The Morgan fingerprint density at radius 3 is 2.64 bits per heavy atom. The Bertz CT molecular complexity index is 1260. The van der Waals surface area contributed by atoms with Crippen molar-refractivity contribution in [3.63, 3.8) is 0 Å². The quantitative estimate of drug-likeness (QED) is 0.189. The molecule has 3 N–H and O–H groups in total. The van der Waals surface area contributed by atoms with Crippen molar-refractivity contribution in [2.45, 2.75) is 97.8 Å². The average Bonchev–Trinajstić information content (AvgIpc) is 3.52. The summed E-state index contributed by atoms with van der Waals surface area (Å²) in [5.74, 6) is 0.0947. The van der Waals surface area contributed by atoms with Crippen LogP contribution >= 0.6 is 0 Å². The maximum Gasteiger partial charge on any atom is 0.410 e. The van der Waals surface area contributed by atoms with E-state index in [4.69, 9.17) is 14.2 Å². The molecule has 1 aromatic heterocycles. The molecule has 1 fully saturated rings. The van der Waals surface area contributed by atoms with E-state index in [-0.39, 0.29) is 43.3 Å². The topological polar surface area (TPSA) is 152 Å². The smallest absolute Gasteiger partial charge is 0.410 e. The largest absolute Gasteiger partial charge is 0.494 e. The number of hydrogen-bond acceptors (Lipinski definition) is 8. The summed E-state index contributed by atoms with van der Waals surface area (Å²) in [6.45, 7) is 11.8. The molecule has 0 spiro atoms. The van der Waals surface area contributed by atoms with Gasteiger partial charge in [0.1, 0.15) is 17.4 Å². The molecule has 2 unspecified atom stereocenters. The van der Waals surface area contributed by atoms with E-state index >= 15 is 0 Å². The molecule has 12 heteroatoms. The van der Waals surface area contributed by atoms with E-state index in [1.165, 1.54) is 6.20 Å². The van der Waals surface area contributed by atoms with E-state index in [0.29, 0.717) is 56.4 Å². The lowest BCUT2D eigenvalue weighted by atomic mass is 9.95. The van der Waals surface area contributed by atoms with Gasteiger partial charge in [-0.1, -0.05) is 6.07 Å². The fourth-order valence-corrected chi connectivity index (χ4v) is 5.09. The molecule has 12 nitrogen and oxygen atoms in total. The van der Waals surface area contributed by atoms with Crippen molar-refractivity contribution in [2.24, 2.45) is 5.92 Å². The minimum atomic E-state index is -0.920. The van der Waals surface area contributed by atoms with Gasteiger partial charge in [-0.15, -0.1) is 0 Å². The third-order valence-corrected chi connectivity index (χ3v) is 7.50. The van der Waals surface area contributed by atoms with Crippen LogP contribution in [0.3, 0.4) is 0 Å². The number of aromatic nitrogens is 2. The summed E-state index contributed by atoms with van der Waals surface area (Å²) in [4.78, 5) is 51.7. The molecule has 1 aliphatic rings. The van der Waals surface area contributed by atoms with Crippen molar-refractivity contribution < 1.29 is 33.4 Å². The van der Waals surface area contributed by atoms with Gasteiger partial charge in [-0.3, -0.25) is 19.5 Å². The number of nitrogens with zero attached hydrogens (tertiary/aromatic N) is 2. The summed E-state index contributed by atoms with van der Waals surface area (Å²) < 4.78 is 16.5. The second-order valence-corrected chi connectivity index (χ2v) is 12.4. The summed E-state index contributed by atoms with van der Waals surface area (Å²) in [7, 11) is 0. The number of H-pyrrole nitrogens is 1. The fraction of sp³-hybridized carbons (Fsp3) is 0.606. The minimum Gasteiger partial charge on any atom is -0.494 e. The van der Waals surface area contributed by atoms with E-state index < -0.39 is 11.6 Å². The van der Waals surface area contributed by atoms with Gasteiger partial charge in [-0.2, -0.15) is 5.10 Å². The van der Waals surface area contributed by atoms with E-state index in [9.17, 15) is 19.2 Å². The van der Waals surface area contributed by atoms with Crippen molar-refractivity contribution >= 4 is 23.9 Å². The SMILES string of the molecule is CCOC(=O)CCCCC(=O)NC(C(=O)NCc1cc(OCCC2CCCN(C(=O)OC(C)(C)C)C2)ccc1C)c1cn[nH]c1. The lowest BCUT2D eigenvalue weighted by molar-refractivity contribution is -0.143. The zero-order chi connectivity index (χ0) is 32.8. The second-order valence-electron chi connectivity index (χ2n) is 12.4. The van der Waals surface area contributed by atoms with Crippen LogP contribution in [0.4, 0.5) is 4.79 Å². The van der Waals surface area contributed by atoms with Crippen LogP contribution in [0.25, 0.3) is 0 Å². The zero-order valence-electron chi connectivity index (χ0n) is 27.3. The first-order chi connectivity index (χ1) is 21.4. The molecule has 2 aromatic rings. The first-order valence-corrected chi connectivity index (χ1v) is 15.9. The summed E-state index contributed by atoms with van der Waals surface area (Å²) in [6.07, 6.45) is 7.06. The molecule has 3 rings (SSSR count). The van der Waals surface area contributed by atoms with E-state index in [0.717, 1.165) is 30.4 Å². The van der Waals surface area contributed by atoms with Crippen LogP contribution < -0.4 is 15.4 Å². The number of unbranched alkanes of at least 4 members (excludes halogenated alkanes) is 1. The number of rotatable bonds is 15. The number of hydrogen-bond donors (Lipinski definition) is 3. The van der Waals surface area contributed by atoms with Gasteiger partial charge in [0.25, 0.3) is 0 Å². The van der Waals surface area contributed by atoms with Crippen molar-refractivity contribution in [3.05, 3.63) is 47.3 Å². The van der Waals surface area contributed by atoms with Gasteiger partial charge in [-0.25, -0.2) is 4.79 Å². The zero-order valence-corrected chi connectivity index (χ0v) is 27.3. The van der Waals surface area contributed by atoms with Crippen molar-refractivity contribution in [1.29, 1.82) is 0 Å². The molecular weight excluding hydrogens is 578 g/mol. The number of likely N-dealkylation sites (tertiary alicyclic amines) is 1. The normalized spacial score (nSPS) is 15.6. The van der Waals surface area contributed by atoms with Crippen molar-refractivity contribution in [3.8, 4) is 5.75 Å². The highest BCUT2D eigenvalue weighted by Gasteiger charge is 2.28. The number of aryl methyl sites for hydroxylation is 1. The number of carbonyl (C=O) groups is 4. The Morgan fingerprint density at radius 2 is 1.93 bits per heavy atom. The molecule has 2 heterocycles. The van der Waals surface area contributed by atoms with Crippen LogP contribution in [0.2, 0.25) is 0 Å². The molecule has 0 aliphatic carbocycles. The number of carbonyl (C=O) groups excluding carboxylic acids is 4. The van der Waals surface area contributed by atoms with Crippen LogP contribution in [-0.2, 0) is 30.4 Å². The molecule has 0 bridgehead atoms. The van der Waals surface area contributed by atoms with Crippen LogP contribution in [-0.4, -0.2) is 70.9 Å². The molecule has 1 aromatic carbocycles. The standard InChI is InChI=1S/C33H49N5O7/c1-6-43-29(40)12-8-7-11-28(39)37-30(26-20-35-36-21-26)31(41)34-19-25-18-27(14-13-23(25)2)44-17-15-24-10-9-16-38(22-24)32(42)45-33(3,4)5/h13-14,18,20-21,24,30H,6-12,15-17,19,22H2,1-5H3,(H,34,41)(H,35,36)(H,37,39). The number of benzene rings is 1. The number of amides is 3. The van der Waals surface area contributed by atoms with Crippen LogP contribution in [0.5, 0.6) is 5.75 Å². The number of nitrogens with one attached hydrogen (secondary N) is 3. The molecule has 3 amide bonds. The average molecular weight is 628 g/mol. The minimum absolute atomic E-state index is 0.180. The van der Waals surface area contributed by atoms with Crippen LogP contribution in [0, 0.1) is 12.8 Å². The Kier molecular flexibility index (Phi) is 13.7. The third-order valence-electron chi connectivity index (χ3n) is 7.50. The van der Waals surface area contributed by atoms with E-state index in [2.05, 4.69) is 20.8 Å². The van der Waals surface area contributed by atoms with Gasteiger partial charge in [0.15, 0.2) is 0 Å². The van der Waals surface area contributed by atoms with Crippen LogP contribution in [0.1, 0.15) is 95.4 Å². The van der Waals surface area contributed by atoms with Gasteiger partial charge < -0.3 is 29.7 Å². The molecule has 0 radical (unpaired) electrons. The number of ether oxygens (including phenoxy) is 3. The first-order valence-electron chi connectivity index (χ1n) is 15.9.